The van der Waals surface area contributed by atoms with Crippen molar-refractivity contribution in [3.05, 3.63) is 95.0 Å². The van der Waals surface area contributed by atoms with Crippen LogP contribution in [0.5, 0.6) is 17.2 Å². The summed E-state index contributed by atoms with van der Waals surface area (Å²) in [5.41, 5.74) is 3.49. The first kappa shape index (κ1) is 28.5. The highest BCUT2D eigenvalue weighted by molar-refractivity contribution is 6.17. The standard InChI is InChI=1S/C34H35N3O6/c1-21-28(34(39)41-3)29-30(31(23-9-12-35-13-10-23)37-16-14-36-15-17-37)32(38)26-8-7-25(20-27(26)33(29)43-21)42-18-11-22-5-4-6-24(19-22)40-2/h4-10,12-13,19-20,31,36,38H,11,14-18H2,1-3H3. The number of furan rings is 1. The molecule has 3 heterocycles. The topological polar surface area (TPSA) is 106 Å². The van der Waals surface area contributed by atoms with Crippen LogP contribution < -0.4 is 14.8 Å². The zero-order chi connectivity index (χ0) is 29.9. The number of fused-ring (bicyclic) bond motifs is 3. The number of phenols is 1. The molecule has 5 aromatic rings. The van der Waals surface area contributed by atoms with Crippen molar-refractivity contribution >= 4 is 27.7 Å². The van der Waals surface area contributed by atoms with Crippen LogP contribution in [0.15, 0.2) is 71.4 Å². The summed E-state index contributed by atoms with van der Waals surface area (Å²) in [7, 11) is 3.00. The largest absolute Gasteiger partial charge is 0.507 e. The van der Waals surface area contributed by atoms with E-state index < -0.39 is 5.97 Å². The lowest BCUT2D eigenvalue weighted by atomic mass is 9.89. The third-order valence-corrected chi connectivity index (χ3v) is 8.09. The summed E-state index contributed by atoms with van der Waals surface area (Å²) in [6, 6.07) is 17.0. The number of benzene rings is 3. The van der Waals surface area contributed by atoms with Crippen LogP contribution in [0.25, 0.3) is 21.7 Å². The van der Waals surface area contributed by atoms with E-state index in [4.69, 9.17) is 18.6 Å². The van der Waals surface area contributed by atoms with Crippen molar-refractivity contribution in [3.63, 3.8) is 0 Å². The maximum atomic E-state index is 13.2. The summed E-state index contributed by atoms with van der Waals surface area (Å²) in [5, 5.41) is 17.3. The molecule has 222 valence electrons. The SMILES string of the molecule is COC(=O)c1c(C)oc2c1c(C(c1ccncc1)N1CCNCC1)c(O)c1ccc(OCCc3cccc(OC)c3)cc12. The minimum Gasteiger partial charge on any atom is -0.507 e. The van der Waals surface area contributed by atoms with E-state index in [1.54, 1.807) is 26.4 Å². The Bertz CT molecular complexity index is 1760. The molecule has 1 fully saturated rings. The number of aromatic nitrogens is 1. The molecule has 0 bridgehead atoms. The van der Waals surface area contributed by atoms with E-state index in [0.717, 1.165) is 43.1 Å². The number of piperazine rings is 1. The number of hydrogen-bond donors (Lipinski definition) is 2. The van der Waals surface area contributed by atoms with Crippen LogP contribution in [0.2, 0.25) is 0 Å². The van der Waals surface area contributed by atoms with E-state index in [9.17, 15) is 9.90 Å². The smallest absolute Gasteiger partial charge is 0.342 e. The maximum absolute atomic E-state index is 13.2. The molecule has 1 atom stereocenters. The number of nitrogens with one attached hydrogen (secondary N) is 1. The van der Waals surface area contributed by atoms with Crippen LogP contribution in [-0.2, 0) is 11.2 Å². The summed E-state index contributed by atoms with van der Waals surface area (Å²) in [4.78, 5) is 19.7. The van der Waals surface area contributed by atoms with Crippen molar-refractivity contribution in [2.75, 3.05) is 47.0 Å². The van der Waals surface area contributed by atoms with Crippen molar-refractivity contribution < 1.29 is 28.5 Å². The van der Waals surface area contributed by atoms with Crippen LogP contribution in [-0.4, -0.2) is 68.0 Å². The van der Waals surface area contributed by atoms with Gasteiger partial charge in [-0.05, 0) is 60.5 Å². The maximum Gasteiger partial charge on any atom is 0.342 e. The van der Waals surface area contributed by atoms with Gasteiger partial charge >= 0.3 is 5.97 Å². The van der Waals surface area contributed by atoms with Gasteiger partial charge in [-0.25, -0.2) is 4.79 Å². The molecule has 9 nitrogen and oxygen atoms in total. The molecule has 1 aliphatic heterocycles. The lowest BCUT2D eigenvalue weighted by molar-refractivity contribution is 0.0600. The second-order valence-electron chi connectivity index (χ2n) is 10.6. The van der Waals surface area contributed by atoms with Gasteiger partial charge in [0.05, 0.1) is 26.9 Å². The van der Waals surface area contributed by atoms with E-state index >= 15 is 0 Å². The predicted molar refractivity (Wildman–Crippen MR) is 164 cm³/mol. The highest BCUT2D eigenvalue weighted by Gasteiger charge is 2.34. The molecule has 0 spiro atoms. The van der Waals surface area contributed by atoms with E-state index in [2.05, 4.69) is 15.2 Å². The third-order valence-electron chi connectivity index (χ3n) is 8.09. The molecule has 3 aromatic carbocycles. The number of aromatic hydroxyl groups is 1. The lowest BCUT2D eigenvalue weighted by Crippen LogP contribution is -2.45. The van der Waals surface area contributed by atoms with Gasteiger partial charge in [-0.2, -0.15) is 0 Å². The van der Waals surface area contributed by atoms with Crippen LogP contribution >= 0.6 is 0 Å². The summed E-state index contributed by atoms with van der Waals surface area (Å²) < 4.78 is 23.0. The van der Waals surface area contributed by atoms with Gasteiger partial charge in [0.2, 0.25) is 0 Å². The third kappa shape index (κ3) is 5.49. The molecule has 1 saturated heterocycles. The highest BCUT2D eigenvalue weighted by Crippen LogP contribution is 2.48. The monoisotopic (exact) mass is 581 g/mol. The zero-order valence-electron chi connectivity index (χ0n) is 24.6. The fourth-order valence-electron chi connectivity index (χ4n) is 6.04. The van der Waals surface area contributed by atoms with E-state index in [-0.39, 0.29) is 11.8 Å². The second kappa shape index (κ2) is 12.3. The minimum atomic E-state index is -0.518. The lowest BCUT2D eigenvalue weighted by Gasteiger charge is -2.36. The summed E-state index contributed by atoms with van der Waals surface area (Å²) in [5.74, 6) is 1.43. The molecule has 9 heteroatoms. The Morgan fingerprint density at radius 3 is 2.58 bits per heavy atom. The Morgan fingerprint density at radius 2 is 1.84 bits per heavy atom. The van der Waals surface area contributed by atoms with Crippen LogP contribution in [0.3, 0.4) is 0 Å². The van der Waals surface area contributed by atoms with Crippen molar-refractivity contribution in [2.24, 2.45) is 0 Å². The first-order valence-corrected chi connectivity index (χ1v) is 14.4. The Morgan fingerprint density at radius 1 is 1.05 bits per heavy atom. The van der Waals surface area contributed by atoms with Crippen molar-refractivity contribution in [1.82, 2.24) is 15.2 Å². The fourth-order valence-corrected chi connectivity index (χ4v) is 6.04. The number of methoxy groups -OCH3 is 2. The summed E-state index contributed by atoms with van der Waals surface area (Å²) in [6.07, 6.45) is 4.19. The van der Waals surface area contributed by atoms with Gasteiger partial charge in [-0.1, -0.05) is 12.1 Å². The van der Waals surface area contributed by atoms with E-state index in [1.165, 1.54) is 7.11 Å². The minimum absolute atomic E-state index is 0.0942. The Kier molecular flexibility index (Phi) is 8.18. The van der Waals surface area contributed by atoms with Gasteiger partial charge < -0.3 is 29.1 Å². The number of phenolic OH excluding ortho intramolecular Hbond substituents is 1. The normalized spacial score (nSPS) is 14.6. The molecule has 0 aliphatic carbocycles. The van der Waals surface area contributed by atoms with Gasteiger partial charge in [0, 0.05) is 66.7 Å². The number of carbonyl (C=O) groups excluding carboxylic acids is 1. The first-order valence-electron chi connectivity index (χ1n) is 14.4. The molecule has 0 saturated carbocycles. The van der Waals surface area contributed by atoms with E-state index in [0.29, 0.717) is 57.4 Å². The number of nitrogens with zero attached hydrogens (tertiary/aromatic N) is 2. The summed E-state index contributed by atoms with van der Waals surface area (Å²) >= 11 is 0. The molecule has 43 heavy (non-hydrogen) atoms. The van der Waals surface area contributed by atoms with E-state index in [1.807, 2.05) is 54.6 Å². The number of aryl methyl sites for hydroxylation is 1. The number of esters is 1. The fraction of sp³-hybridized carbons (Fsp3) is 0.294. The van der Waals surface area contributed by atoms with Crippen LogP contribution in [0.4, 0.5) is 0 Å². The zero-order valence-corrected chi connectivity index (χ0v) is 24.6. The average Bonchev–Trinajstić information content (AvgIpc) is 3.40. The molecular weight excluding hydrogens is 546 g/mol. The number of rotatable bonds is 9. The van der Waals surface area contributed by atoms with Gasteiger partial charge in [-0.15, -0.1) is 0 Å². The van der Waals surface area contributed by atoms with Gasteiger partial charge in [0.15, 0.2) is 0 Å². The molecule has 6 rings (SSSR count). The van der Waals surface area contributed by atoms with Crippen molar-refractivity contribution in [3.8, 4) is 17.2 Å². The molecule has 0 amide bonds. The van der Waals surface area contributed by atoms with Gasteiger partial charge in [0.25, 0.3) is 0 Å². The molecule has 2 aromatic heterocycles. The first-order chi connectivity index (χ1) is 21.0. The second-order valence-corrected chi connectivity index (χ2v) is 10.6. The quantitative estimate of drug-likeness (QED) is 0.221. The molecule has 2 N–H and O–H groups in total. The highest BCUT2D eigenvalue weighted by atomic mass is 16.5. The van der Waals surface area contributed by atoms with Crippen molar-refractivity contribution in [2.45, 2.75) is 19.4 Å². The molecule has 1 aliphatic rings. The molecule has 0 radical (unpaired) electrons. The van der Waals surface area contributed by atoms with Crippen molar-refractivity contribution in [1.29, 1.82) is 0 Å². The molecule has 1 unspecified atom stereocenters. The van der Waals surface area contributed by atoms with Gasteiger partial charge in [-0.3, -0.25) is 9.88 Å². The van der Waals surface area contributed by atoms with Crippen LogP contribution in [0.1, 0.15) is 38.9 Å². The Hall–Kier alpha value is -4.60. The Labute approximate surface area is 250 Å². The number of pyridine rings is 1. The molecular formula is C34H35N3O6. The van der Waals surface area contributed by atoms with Gasteiger partial charge in [0.1, 0.15) is 34.2 Å². The predicted octanol–water partition coefficient (Wildman–Crippen LogP) is 5.41. The average molecular weight is 582 g/mol. The Balaban J connectivity index is 1.49. The number of carbonyl (C=O) groups is 1. The number of hydrogen-bond acceptors (Lipinski definition) is 9. The number of ether oxygens (including phenoxy) is 3. The summed E-state index contributed by atoms with van der Waals surface area (Å²) in [6.45, 7) is 5.34. The van der Waals surface area contributed by atoms with Crippen LogP contribution in [0, 0.1) is 6.92 Å².